The first-order valence-electron chi connectivity index (χ1n) is 7.58. The quantitative estimate of drug-likeness (QED) is 0.832. The van der Waals surface area contributed by atoms with Gasteiger partial charge in [-0.3, -0.25) is 0 Å². The molecule has 1 saturated carbocycles. The maximum Gasteiger partial charge on any atom is 0.391 e. The third-order valence-electron chi connectivity index (χ3n) is 3.96. The molecule has 1 fully saturated rings. The number of rotatable bonds is 5. The van der Waals surface area contributed by atoms with Crippen molar-refractivity contribution in [3.8, 4) is 0 Å². The van der Waals surface area contributed by atoms with E-state index in [4.69, 9.17) is 0 Å². The maximum absolute atomic E-state index is 12.8. The average Bonchev–Trinajstić information content (AvgIpc) is 2.26. The van der Waals surface area contributed by atoms with Gasteiger partial charge < -0.3 is 10.2 Å². The molecule has 0 amide bonds. The third-order valence-corrected chi connectivity index (χ3v) is 3.96. The zero-order chi connectivity index (χ0) is 15.4. The third kappa shape index (κ3) is 6.93. The Morgan fingerprint density at radius 2 is 1.80 bits per heavy atom. The highest BCUT2D eigenvalue weighted by molar-refractivity contribution is 4.79. The molecule has 0 aromatic heterocycles. The lowest BCUT2D eigenvalue weighted by atomic mass is 9.81. The summed E-state index contributed by atoms with van der Waals surface area (Å²) in [4.78, 5) is 2.15. The van der Waals surface area contributed by atoms with Crippen LogP contribution < -0.4 is 5.32 Å². The highest BCUT2D eigenvalue weighted by atomic mass is 19.4. The molecule has 2 unspecified atom stereocenters. The fraction of sp³-hybridized carbons (Fsp3) is 1.00. The Balaban J connectivity index is 2.29. The predicted molar refractivity (Wildman–Crippen MR) is 76.8 cm³/mol. The van der Waals surface area contributed by atoms with E-state index in [9.17, 15) is 13.2 Å². The molecule has 1 rings (SSSR count). The van der Waals surface area contributed by atoms with Gasteiger partial charge in [-0.15, -0.1) is 0 Å². The summed E-state index contributed by atoms with van der Waals surface area (Å²) in [5.41, 5.74) is 0.0903. The summed E-state index contributed by atoms with van der Waals surface area (Å²) in [6.07, 6.45) is -1.74. The monoisotopic (exact) mass is 294 g/mol. The number of nitrogens with one attached hydrogen (secondary N) is 1. The molecule has 120 valence electrons. The van der Waals surface area contributed by atoms with E-state index in [1.54, 1.807) is 0 Å². The molecule has 20 heavy (non-hydrogen) atoms. The average molecular weight is 294 g/mol. The lowest BCUT2D eigenvalue weighted by Gasteiger charge is -2.33. The van der Waals surface area contributed by atoms with Crippen molar-refractivity contribution >= 4 is 0 Å². The Morgan fingerprint density at radius 3 is 2.35 bits per heavy atom. The van der Waals surface area contributed by atoms with Crippen LogP contribution in [0, 0.1) is 11.8 Å². The minimum Gasteiger partial charge on any atom is -0.311 e. The molecular formula is C15H29F3N2. The molecular weight excluding hydrogens is 265 g/mol. The molecule has 2 nitrogen and oxygen atoms in total. The summed E-state index contributed by atoms with van der Waals surface area (Å²) in [7, 11) is 2.00. The highest BCUT2D eigenvalue weighted by Crippen LogP contribution is 2.39. The van der Waals surface area contributed by atoms with Crippen molar-refractivity contribution in [3.63, 3.8) is 0 Å². The van der Waals surface area contributed by atoms with Crippen molar-refractivity contribution in [3.05, 3.63) is 0 Å². The van der Waals surface area contributed by atoms with E-state index in [1.165, 1.54) is 0 Å². The second kappa shape index (κ2) is 7.12. The van der Waals surface area contributed by atoms with Gasteiger partial charge in [0.15, 0.2) is 0 Å². The molecule has 0 spiro atoms. The van der Waals surface area contributed by atoms with Crippen LogP contribution in [0.4, 0.5) is 13.2 Å². The smallest absolute Gasteiger partial charge is 0.311 e. The molecule has 1 aliphatic rings. The van der Waals surface area contributed by atoms with E-state index >= 15 is 0 Å². The lowest BCUT2D eigenvalue weighted by Crippen LogP contribution is -2.42. The van der Waals surface area contributed by atoms with E-state index < -0.39 is 12.1 Å². The molecule has 5 heteroatoms. The molecule has 2 atom stereocenters. The van der Waals surface area contributed by atoms with Gasteiger partial charge in [0.1, 0.15) is 0 Å². The van der Waals surface area contributed by atoms with Crippen LogP contribution in [0.15, 0.2) is 0 Å². The van der Waals surface area contributed by atoms with Crippen LogP contribution in [0.5, 0.6) is 0 Å². The summed E-state index contributed by atoms with van der Waals surface area (Å²) >= 11 is 0. The Kier molecular flexibility index (Phi) is 6.32. The Labute approximate surface area is 121 Å². The molecule has 1 aliphatic carbocycles. The Bertz CT molecular complexity index is 284. The largest absolute Gasteiger partial charge is 0.391 e. The Morgan fingerprint density at radius 1 is 1.15 bits per heavy atom. The molecule has 0 radical (unpaired) electrons. The van der Waals surface area contributed by atoms with Gasteiger partial charge in [0.25, 0.3) is 0 Å². The zero-order valence-corrected chi connectivity index (χ0v) is 13.2. The van der Waals surface area contributed by atoms with Crippen LogP contribution in [-0.2, 0) is 0 Å². The van der Waals surface area contributed by atoms with Crippen molar-refractivity contribution < 1.29 is 13.2 Å². The van der Waals surface area contributed by atoms with Crippen LogP contribution in [-0.4, -0.2) is 43.3 Å². The number of nitrogens with zero attached hydrogens (tertiary/aromatic N) is 1. The van der Waals surface area contributed by atoms with Crippen LogP contribution in [0.25, 0.3) is 0 Å². The van der Waals surface area contributed by atoms with Crippen LogP contribution in [0.2, 0.25) is 0 Å². The van der Waals surface area contributed by atoms with Crippen molar-refractivity contribution in [2.45, 2.75) is 58.2 Å². The fourth-order valence-electron chi connectivity index (χ4n) is 2.91. The summed E-state index contributed by atoms with van der Waals surface area (Å²) < 4.78 is 38.3. The second-order valence-corrected chi connectivity index (χ2v) is 7.21. The molecule has 0 aromatic rings. The molecule has 0 aromatic carbocycles. The number of alkyl halides is 3. The van der Waals surface area contributed by atoms with Gasteiger partial charge >= 0.3 is 6.18 Å². The summed E-state index contributed by atoms with van der Waals surface area (Å²) in [5.74, 6) is -0.891. The van der Waals surface area contributed by atoms with Crippen molar-refractivity contribution in [1.29, 1.82) is 0 Å². The number of halogens is 3. The first kappa shape index (κ1) is 17.8. The topological polar surface area (TPSA) is 15.3 Å². The highest BCUT2D eigenvalue weighted by Gasteiger charge is 2.42. The molecule has 0 aliphatic heterocycles. The number of hydrogen-bond acceptors (Lipinski definition) is 2. The van der Waals surface area contributed by atoms with Gasteiger partial charge in [0.2, 0.25) is 0 Å². The van der Waals surface area contributed by atoms with Gasteiger partial charge in [0.05, 0.1) is 5.92 Å². The van der Waals surface area contributed by atoms with Crippen molar-refractivity contribution in [2.24, 2.45) is 11.8 Å². The summed E-state index contributed by atoms with van der Waals surface area (Å²) in [6.45, 7) is 8.87. The van der Waals surface area contributed by atoms with Gasteiger partial charge in [-0.25, -0.2) is 0 Å². The van der Waals surface area contributed by atoms with Gasteiger partial charge in [-0.1, -0.05) is 6.42 Å². The summed E-state index contributed by atoms with van der Waals surface area (Å²) in [6, 6.07) is 0. The molecule has 0 heterocycles. The van der Waals surface area contributed by atoms with E-state index in [1.807, 2.05) is 7.05 Å². The minimum atomic E-state index is -4.01. The van der Waals surface area contributed by atoms with Gasteiger partial charge in [-0.05, 0) is 53.0 Å². The van der Waals surface area contributed by atoms with Gasteiger partial charge in [-0.2, -0.15) is 13.2 Å². The van der Waals surface area contributed by atoms with E-state index in [-0.39, 0.29) is 11.5 Å². The number of likely N-dealkylation sites (N-methyl/N-ethyl adjacent to an activating group) is 1. The first-order chi connectivity index (χ1) is 9.08. The van der Waals surface area contributed by atoms with E-state index in [0.29, 0.717) is 19.3 Å². The van der Waals surface area contributed by atoms with Crippen molar-refractivity contribution in [2.75, 3.05) is 26.7 Å². The van der Waals surface area contributed by atoms with Crippen LogP contribution in [0.3, 0.4) is 0 Å². The van der Waals surface area contributed by atoms with E-state index in [2.05, 4.69) is 31.0 Å². The van der Waals surface area contributed by atoms with Crippen LogP contribution >= 0.6 is 0 Å². The normalized spacial score (nSPS) is 25.2. The second-order valence-electron chi connectivity index (χ2n) is 7.21. The zero-order valence-electron chi connectivity index (χ0n) is 13.2. The molecule has 1 N–H and O–H groups in total. The fourth-order valence-corrected chi connectivity index (χ4v) is 2.91. The minimum absolute atomic E-state index is 0.0903. The predicted octanol–water partition coefficient (Wildman–Crippen LogP) is 3.68. The maximum atomic E-state index is 12.8. The summed E-state index contributed by atoms with van der Waals surface area (Å²) in [5, 5.41) is 3.40. The van der Waals surface area contributed by atoms with Gasteiger partial charge in [0, 0.05) is 25.2 Å². The SMILES string of the molecule is CN(CCNC(C)(C)C)CC1CCCC(C(F)(F)F)C1. The molecule has 0 bridgehead atoms. The van der Waals surface area contributed by atoms with E-state index in [0.717, 1.165) is 26.1 Å². The first-order valence-corrected chi connectivity index (χ1v) is 7.58. The molecule has 0 saturated heterocycles. The van der Waals surface area contributed by atoms with Crippen LogP contribution in [0.1, 0.15) is 46.5 Å². The number of hydrogen-bond donors (Lipinski definition) is 1. The Hall–Kier alpha value is -0.290. The van der Waals surface area contributed by atoms with Crippen molar-refractivity contribution in [1.82, 2.24) is 10.2 Å². The standard InChI is InChI=1S/C15H29F3N2/c1-14(2,3)19-8-9-20(4)11-12-6-5-7-13(10-12)15(16,17)18/h12-13,19H,5-11H2,1-4H3. The lowest BCUT2D eigenvalue weighted by molar-refractivity contribution is -0.186.